The second-order valence-corrected chi connectivity index (χ2v) is 3.23. The number of aromatic amines is 1. The number of nitrogens with one attached hydrogen (secondary N) is 1. The minimum atomic E-state index is -0.143. The van der Waals surface area contributed by atoms with Gasteiger partial charge in [-0.05, 0) is 18.9 Å². The van der Waals surface area contributed by atoms with Crippen LogP contribution in [0.2, 0.25) is 0 Å². The van der Waals surface area contributed by atoms with Gasteiger partial charge in [-0.2, -0.15) is 5.10 Å². The number of nitrogens with zero attached hydrogens (tertiary/aromatic N) is 1. The SMILES string of the molecule is O=c1ccc(C2CCOCC2)n[nH]1. The van der Waals surface area contributed by atoms with Gasteiger partial charge in [0.15, 0.2) is 0 Å². The van der Waals surface area contributed by atoms with Gasteiger partial charge in [0, 0.05) is 25.2 Å². The highest BCUT2D eigenvalue weighted by molar-refractivity contribution is 5.06. The predicted octanol–water partition coefficient (Wildman–Crippen LogP) is 0.664. The van der Waals surface area contributed by atoms with E-state index in [9.17, 15) is 4.79 Å². The molecule has 0 unspecified atom stereocenters. The van der Waals surface area contributed by atoms with Crippen LogP contribution in [-0.4, -0.2) is 23.4 Å². The van der Waals surface area contributed by atoms with Crippen molar-refractivity contribution in [3.63, 3.8) is 0 Å². The summed E-state index contributed by atoms with van der Waals surface area (Å²) in [4.78, 5) is 10.8. The molecule has 4 nitrogen and oxygen atoms in total. The zero-order chi connectivity index (χ0) is 9.10. The third-order valence-corrected chi connectivity index (χ3v) is 2.34. The average Bonchev–Trinajstić information content (AvgIpc) is 2.20. The maximum atomic E-state index is 10.8. The van der Waals surface area contributed by atoms with E-state index in [-0.39, 0.29) is 5.56 Å². The second-order valence-electron chi connectivity index (χ2n) is 3.23. The van der Waals surface area contributed by atoms with Crippen molar-refractivity contribution < 1.29 is 4.74 Å². The highest BCUT2D eigenvalue weighted by Crippen LogP contribution is 2.23. The summed E-state index contributed by atoms with van der Waals surface area (Å²) in [6.45, 7) is 1.59. The standard InChI is InChI=1S/C9H12N2O2/c12-9-2-1-8(10-11-9)7-3-5-13-6-4-7/h1-2,7H,3-6H2,(H,11,12). The predicted molar refractivity (Wildman–Crippen MR) is 47.7 cm³/mol. The molecule has 70 valence electrons. The Morgan fingerprint density at radius 2 is 2.15 bits per heavy atom. The summed E-state index contributed by atoms with van der Waals surface area (Å²) in [6, 6.07) is 3.33. The van der Waals surface area contributed by atoms with Crippen LogP contribution in [0.3, 0.4) is 0 Å². The fourth-order valence-electron chi connectivity index (χ4n) is 1.58. The molecule has 1 N–H and O–H groups in total. The van der Waals surface area contributed by atoms with E-state index in [1.165, 1.54) is 6.07 Å². The van der Waals surface area contributed by atoms with E-state index >= 15 is 0 Å². The Balaban J connectivity index is 2.14. The van der Waals surface area contributed by atoms with E-state index in [4.69, 9.17) is 4.74 Å². The first kappa shape index (κ1) is 8.44. The first-order chi connectivity index (χ1) is 6.36. The first-order valence-electron chi connectivity index (χ1n) is 4.49. The van der Waals surface area contributed by atoms with E-state index < -0.39 is 0 Å². The fourth-order valence-corrected chi connectivity index (χ4v) is 1.58. The monoisotopic (exact) mass is 180 g/mol. The van der Waals surface area contributed by atoms with Gasteiger partial charge in [-0.3, -0.25) is 4.79 Å². The maximum Gasteiger partial charge on any atom is 0.264 e. The van der Waals surface area contributed by atoms with Crippen LogP contribution in [0, 0.1) is 0 Å². The van der Waals surface area contributed by atoms with E-state index in [2.05, 4.69) is 10.2 Å². The molecule has 1 aromatic rings. The summed E-state index contributed by atoms with van der Waals surface area (Å²) in [5.41, 5.74) is 0.832. The molecule has 2 heterocycles. The Hall–Kier alpha value is -1.16. The zero-order valence-electron chi connectivity index (χ0n) is 7.32. The molecule has 13 heavy (non-hydrogen) atoms. The summed E-state index contributed by atoms with van der Waals surface area (Å²) >= 11 is 0. The van der Waals surface area contributed by atoms with Gasteiger partial charge in [-0.25, -0.2) is 5.10 Å². The Morgan fingerprint density at radius 1 is 1.38 bits per heavy atom. The molecular weight excluding hydrogens is 168 g/mol. The molecule has 0 saturated carbocycles. The summed E-state index contributed by atoms with van der Waals surface area (Å²) in [5.74, 6) is 0.450. The molecule has 0 bridgehead atoms. The topological polar surface area (TPSA) is 55.0 Å². The normalized spacial score (nSPS) is 18.8. The third-order valence-electron chi connectivity index (χ3n) is 2.34. The molecule has 0 atom stereocenters. The van der Waals surface area contributed by atoms with Crippen LogP contribution >= 0.6 is 0 Å². The second kappa shape index (κ2) is 3.70. The minimum absolute atomic E-state index is 0.143. The Kier molecular flexibility index (Phi) is 2.40. The van der Waals surface area contributed by atoms with E-state index in [1.54, 1.807) is 6.07 Å². The van der Waals surface area contributed by atoms with Crippen molar-refractivity contribution in [2.45, 2.75) is 18.8 Å². The quantitative estimate of drug-likeness (QED) is 0.690. The number of ether oxygens (including phenoxy) is 1. The molecule has 1 aromatic heterocycles. The Labute approximate surface area is 75.9 Å². The molecule has 0 amide bonds. The molecule has 1 aliphatic heterocycles. The van der Waals surface area contributed by atoms with Crippen LogP contribution in [0.25, 0.3) is 0 Å². The van der Waals surface area contributed by atoms with Gasteiger partial charge < -0.3 is 4.74 Å². The van der Waals surface area contributed by atoms with Gasteiger partial charge in [0.05, 0.1) is 5.69 Å². The van der Waals surface area contributed by atoms with Crippen molar-refractivity contribution in [1.82, 2.24) is 10.2 Å². The summed E-state index contributed by atoms with van der Waals surface area (Å²) in [6.07, 6.45) is 2.00. The Bertz CT molecular complexity index is 308. The number of rotatable bonds is 1. The van der Waals surface area contributed by atoms with Crippen molar-refractivity contribution in [3.8, 4) is 0 Å². The van der Waals surface area contributed by atoms with Crippen molar-refractivity contribution >= 4 is 0 Å². The first-order valence-corrected chi connectivity index (χ1v) is 4.49. The molecule has 1 saturated heterocycles. The summed E-state index contributed by atoms with van der Waals surface area (Å²) in [5, 5.41) is 6.46. The molecule has 0 aliphatic carbocycles. The average molecular weight is 180 g/mol. The number of H-pyrrole nitrogens is 1. The van der Waals surface area contributed by atoms with Gasteiger partial charge in [0.1, 0.15) is 0 Å². The Morgan fingerprint density at radius 3 is 2.77 bits per heavy atom. The smallest absolute Gasteiger partial charge is 0.264 e. The van der Waals surface area contributed by atoms with Crippen LogP contribution in [0.4, 0.5) is 0 Å². The maximum absolute atomic E-state index is 10.8. The van der Waals surface area contributed by atoms with E-state index in [0.717, 1.165) is 31.7 Å². The van der Waals surface area contributed by atoms with Crippen molar-refractivity contribution in [2.24, 2.45) is 0 Å². The summed E-state index contributed by atoms with van der Waals surface area (Å²) < 4.78 is 5.25. The van der Waals surface area contributed by atoms with Crippen LogP contribution in [0.15, 0.2) is 16.9 Å². The molecule has 4 heteroatoms. The van der Waals surface area contributed by atoms with Crippen LogP contribution < -0.4 is 5.56 Å². The highest BCUT2D eigenvalue weighted by atomic mass is 16.5. The summed E-state index contributed by atoms with van der Waals surface area (Å²) in [7, 11) is 0. The molecule has 0 aromatic carbocycles. The van der Waals surface area contributed by atoms with E-state index in [0.29, 0.717) is 5.92 Å². The van der Waals surface area contributed by atoms with Gasteiger partial charge in [0.2, 0.25) is 0 Å². The molecule has 2 rings (SSSR count). The molecule has 0 radical (unpaired) electrons. The van der Waals surface area contributed by atoms with Gasteiger partial charge in [-0.15, -0.1) is 0 Å². The lowest BCUT2D eigenvalue weighted by atomic mass is 9.96. The number of hydrogen-bond acceptors (Lipinski definition) is 3. The number of hydrogen-bond donors (Lipinski definition) is 1. The molecular formula is C9H12N2O2. The van der Waals surface area contributed by atoms with Gasteiger partial charge in [0.25, 0.3) is 5.56 Å². The minimum Gasteiger partial charge on any atom is -0.381 e. The van der Waals surface area contributed by atoms with Crippen molar-refractivity contribution in [3.05, 3.63) is 28.2 Å². The lowest BCUT2D eigenvalue weighted by molar-refractivity contribution is 0.0843. The van der Waals surface area contributed by atoms with Crippen molar-refractivity contribution in [1.29, 1.82) is 0 Å². The van der Waals surface area contributed by atoms with Crippen LogP contribution in [0.5, 0.6) is 0 Å². The molecule has 1 aliphatic rings. The van der Waals surface area contributed by atoms with Gasteiger partial charge in [-0.1, -0.05) is 0 Å². The fraction of sp³-hybridized carbons (Fsp3) is 0.556. The van der Waals surface area contributed by atoms with Crippen molar-refractivity contribution in [2.75, 3.05) is 13.2 Å². The lowest BCUT2D eigenvalue weighted by Crippen LogP contribution is -2.17. The third kappa shape index (κ3) is 1.95. The van der Waals surface area contributed by atoms with Crippen LogP contribution in [-0.2, 0) is 4.74 Å². The lowest BCUT2D eigenvalue weighted by Gasteiger charge is -2.20. The van der Waals surface area contributed by atoms with Crippen LogP contribution in [0.1, 0.15) is 24.5 Å². The zero-order valence-corrected chi connectivity index (χ0v) is 7.32. The van der Waals surface area contributed by atoms with Gasteiger partial charge >= 0.3 is 0 Å². The molecule has 0 spiro atoms. The van der Waals surface area contributed by atoms with E-state index in [1.807, 2.05) is 0 Å². The highest BCUT2D eigenvalue weighted by Gasteiger charge is 2.16. The largest absolute Gasteiger partial charge is 0.381 e. The number of aromatic nitrogens is 2. The molecule has 1 fully saturated rings.